The summed E-state index contributed by atoms with van der Waals surface area (Å²) >= 11 is 0. The Bertz CT molecular complexity index is 1110. The van der Waals surface area contributed by atoms with Gasteiger partial charge in [0.25, 0.3) is 0 Å². The third kappa shape index (κ3) is 3.08. The van der Waals surface area contributed by atoms with Gasteiger partial charge in [0, 0.05) is 6.54 Å². The number of nitrogens with zero attached hydrogens (tertiary/aromatic N) is 1. The van der Waals surface area contributed by atoms with E-state index in [2.05, 4.69) is 89.8 Å². The molecule has 4 aromatic carbocycles. The highest BCUT2D eigenvalue weighted by molar-refractivity contribution is 5.90. The molecule has 0 bridgehead atoms. The molecular formula is C26H23NO2. The standard InChI is InChI=1S/C26H23NO2/c28-26(29)24-16-7-17-27(24)25(22-14-5-10-18-8-1-3-12-20(18)22)23-15-6-11-19-9-2-4-13-21(19)23/h1-6,8-15,24-25H,7,16-17H2,(H,28,29). The third-order valence-corrected chi connectivity index (χ3v) is 6.15. The quantitative estimate of drug-likeness (QED) is 0.498. The van der Waals surface area contributed by atoms with Crippen LogP contribution in [0.1, 0.15) is 30.0 Å². The van der Waals surface area contributed by atoms with Crippen molar-refractivity contribution in [3.05, 3.63) is 96.1 Å². The van der Waals surface area contributed by atoms with E-state index in [0.717, 1.165) is 13.0 Å². The molecule has 1 atom stereocenters. The predicted molar refractivity (Wildman–Crippen MR) is 117 cm³/mol. The van der Waals surface area contributed by atoms with Crippen molar-refractivity contribution in [1.29, 1.82) is 0 Å². The van der Waals surface area contributed by atoms with Crippen LogP contribution in [0.4, 0.5) is 0 Å². The average molecular weight is 381 g/mol. The van der Waals surface area contributed by atoms with Crippen molar-refractivity contribution < 1.29 is 9.90 Å². The van der Waals surface area contributed by atoms with Gasteiger partial charge in [-0.1, -0.05) is 84.9 Å². The number of hydrogen-bond donors (Lipinski definition) is 1. The second kappa shape index (κ2) is 7.34. The lowest BCUT2D eigenvalue weighted by molar-refractivity contribution is -0.142. The highest BCUT2D eigenvalue weighted by Gasteiger charge is 2.37. The highest BCUT2D eigenvalue weighted by Crippen LogP contribution is 2.40. The van der Waals surface area contributed by atoms with Crippen LogP contribution >= 0.6 is 0 Å². The van der Waals surface area contributed by atoms with E-state index in [1.54, 1.807) is 0 Å². The van der Waals surface area contributed by atoms with E-state index in [4.69, 9.17) is 0 Å². The zero-order chi connectivity index (χ0) is 19.8. The highest BCUT2D eigenvalue weighted by atomic mass is 16.4. The monoisotopic (exact) mass is 381 g/mol. The van der Waals surface area contributed by atoms with Crippen molar-refractivity contribution in [2.24, 2.45) is 0 Å². The summed E-state index contributed by atoms with van der Waals surface area (Å²) < 4.78 is 0. The molecule has 1 N–H and O–H groups in total. The molecular weight excluding hydrogens is 358 g/mol. The summed E-state index contributed by atoms with van der Waals surface area (Å²) in [6.45, 7) is 0.786. The Morgan fingerprint density at radius 1 is 0.793 bits per heavy atom. The average Bonchev–Trinajstić information content (AvgIpc) is 3.24. The molecule has 1 saturated heterocycles. The zero-order valence-electron chi connectivity index (χ0n) is 16.2. The second-order valence-corrected chi connectivity index (χ2v) is 7.77. The SMILES string of the molecule is O=C(O)C1CCCN1C(c1cccc2ccccc12)c1cccc2ccccc12. The van der Waals surface area contributed by atoms with Crippen molar-refractivity contribution in [2.75, 3.05) is 6.54 Å². The maximum atomic E-state index is 12.1. The molecule has 29 heavy (non-hydrogen) atoms. The number of benzene rings is 4. The number of hydrogen-bond acceptors (Lipinski definition) is 2. The number of fused-ring (bicyclic) bond motifs is 2. The van der Waals surface area contributed by atoms with E-state index in [1.807, 2.05) is 0 Å². The topological polar surface area (TPSA) is 40.5 Å². The number of carboxylic acid groups (broad SMARTS) is 1. The molecule has 1 unspecified atom stereocenters. The summed E-state index contributed by atoms with van der Waals surface area (Å²) in [6.07, 6.45) is 1.60. The maximum Gasteiger partial charge on any atom is 0.320 e. The van der Waals surface area contributed by atoms with Crippen LogP contribution in [0.3, 0.4) is 0 Å². The summed E-state index contributed by atoms with van der Waals surface area (Å²) in [4.78, 5) is 14.3. The van der Waals surface area contributed by atoms with Gasteiger partial charge in [-0.3, -0.25) is 9.69 Å². The van der Waals surface area contributed by atoms with Crippen LogP contribution in [-0.2, 0) is 4.79 Å². The Labute approximate surface area is 170 Å². The molecule has 144 valence electrons. The summed E-state index contributed by atoms with van der Waals surface area (Å²) in [5.41, 5.74) is 2.35. The second-order valence-electron chi connectivity index (χ2n) is 7.77. The lowest BCUT2D eigenvalue weighted by Crippen LogP contribution is -2.39. The molecule has 4 aromatic rings. The van der Waals surface area contributed by atoms with Crippen LogP contribution < -0.4 is 0 Å². The minimum absolute atomic E-state index is 0.101. The molecule has 0 radical (unpaired) electrons. The van der Waals surface area contributed by atoms with E-state index >= 15 is 0 Å². The Kier molecular flexibility index (Phi) is 4.53. The van der Waals surface area contributed by atoms with Gasteiger partial charge in [0.1, 0.15) is 6.04 Å². The molecule has 0 aromatic heterocycles. The molecule has 5 rings (SSSR count). The smallest absolute Gasteiger partial charge is 0.320 e. The molecule has 1 fully saturated rings. The Morgan fingerprint density at radius 2 is 1.31 bits per heavy atom. The van der Waals surface area contributed by atoms with Crippen molar-refractivity contribution in [2.45, 2.75) is 24.9 Å². The summed E-state index contributed by atoms with van der Waals surface area (Å²) in [5.74, 6) is -0.729. The minimum Gasteiger partial charge on any atom is -0.480 e. The van der Waals surface area contributed by atoms with Gasteiger partial charge in [0.15, 0.2) is 0 Å². The normalized spacial score (nSPS) is 17.3. The molecule has 0 amide bonds. The molecule has 3 nitrogen and oxygen atoms in total. The molecule has 3 heteroatoms. The number of rotatable bonds is 4. The first kappa shape index (κ1) is 17.9. The number of aliphatic carboxylic acids is 1. The van der Waals surface area contributed by atoms with E-state index < -0.39 is 12.0 Å². The van der Waals surface area contributed by atoms with Crippen LogP contribution in [0, 0.1) is 0 Å². The third-order valence-electron chi connectivity index (χ3n) is 6.15. The lowest BCUT2D eigenvalue weighted by atomic mass is 9.89. The molecule has 0 aliphatic carbocycles. The molecule has 1 heterocycles. The van der Waals surface area contributed by atoms with E-state index in [9.17, 15) is 9.90 Å². The fourth-order valence-electron chi connectivity index (χ4n) is 4.87. The van der Waals surface area contributed by atoms with E-state index in [-0.39, 0.29) is 6.04 Å². The van der Waals surface area contributed by atoms with Gasteiger partial charge >= 0.3 is 5.97 Å². The summed E-state index contributed by atoms with van der Waals surface area (Å²) in [6, 6.07) is 28.9. The van der Waals surface area contributed by atoms with Gasteiger partial charge in [0.05, 0.1) is 6.04 Å². The van der Waals surface area contributed by atoms with Crippen LogP contribution in [-0.4, -0.2) is 28.6 Å². The summed E-state index contributed by atoms with van der Waals surface area (Å²) in [5, 5.41) is 14.6. The zero-order valence-corrected chi connectivity index (χ0v) is 16.2. The largest absolute Gasteiger partial charge is 0.480 e. The van der Waals surface area contributed by atoms with E-state index in [1.165, 1.54) is 32.7 Å². The molecule has 1 aliphatic heterocycles. The van der Waals surface area contributed by atoms with Gasteiger partial charge in [-0.2, -0.15) is 0 Å². The Morgan fingerprint density at radius 3 is 1.86 bits per heavy atom. The lowest BCUT2D eigenvalue weighted by Gasteiger charge is -2.33. The predicted octanol–water partition coefficient (Wildman–Crippen LogP) is 5.63. The van der Waals surface area contributed by atoms with Crippen molar-refractivity contribution in [3.63, 3.8) is 0 Å². The Hall–Kier alpha value is -3.17. The van der Waals surface area contributed by atoms with Crippen molar-refractivity contribution in [3.8, 4) is 0 Å². The van der Waals surface area contributed by atoms with E-state index in [0.29, 0.717) is 6.42 Å². The van der Waals surface area contributed by atoms with Crippen LogP contribution in [0.2, 0.25) is 0 Å². The fraction of sp³-hybridized carbons (Fsp3) is 0.192. The first-order valence-corrected chi connectivity index (χ1v) is 10.2. The number of carboxylic acids is 1. The van der Waals surface area contributed by atoms with Crippen LogP contribution in [0.15, 0.2) is 84.9 Å². The molecule has 0 spiro atoms. The minimum atomic E-state index is -0.729. The molecule has 0 saturated carbocycles. The Balaban J connectivity index is 1.79. The van der Waals surface area contributed by atoms with Gasteiger partial charge in [-0.15, -0.1) is 0 Å². The van der Waals surface area contributed by atoms with Gasteiger partial charge in [-0.05, 0) is 45.5 Å². The van der Waals surface area contributed by atoms with Crippen LogP contribution in [0.5, 0.6) is 0 Å². The van der Waals surface area contributed by atoms with Crippen molar-refractivity contribution in [1.82, 2.24) is 4.90 Å². The fourth-order valence-corrected chi connectivity index (χ4v) is 4.87. The maximum absolute atomic E-state index is 12.1. The number of carbonyl (C=O) groups is 1. The van der Waals surface area contributed by atoms with Gasteiger partial charge in [0.2, 0.25) is 0 Å². The first-order valence-electron chi connectivity index (χ1n) is 10.2. The van der Waals surface area contributed by atoms with Gasteiger partial charge < -0.3 is 5.11 Å². The van der Waals surface area contributed by atoms with Crippen molar-refractivity contribution >= 4 is 27.5 Å². The molecule has 1 aliphatic rings. The first-order chi connectivity index (χ1) is 14.2. The van der Waals surface area contributed by atoms with Crippen LogP contribution in [0.25, 0.3) is 21.5 Å². The number of likely N-dealkylation sites (tertiary alicyclic amines) is 1. The van der Waals surface area contributed by atoms with Gasteiger partial charge in [-0.25, -0.2) is 0 Å². The summed E-state index contributed by atoms with van der Waals surface area (Å²) in [7, 11) is 0.